The van der Waals surface area contributed by atoms with Crippen molar-refractivity contribution in [3.63, 3.8) is 0 Å². The lowest BCUT2D eigenvalue weighted by atomic mass is 10.1. The first-order valence-electron chi connectivity index (χ1n) is 9.55. The molecule has 1 aliphatic heterocycles. The van der Waals surface area contributed by atoms with Gasteiger partial charge in [0, 0.05) is 25.2 Å². The van der Waals surface area contributed by atoms with Gasteiger partial charge in [0.25, 0.3) is 0 Å². The fraction of sp³-hybridized carbons (Fsp3) is 0.333. The fourth-order valence-corrected chi connectivity index (χ4v) is 4.66. The molecule has 2 heterocycles. The van der Waals surface area contributed by atoms with Crippen LogP contribution in [0.5, 0.6) is 0 Å². The van der Waals surface area contributed by atoms with Crippen molar-refractivity contribution < 1.29 is 13.2 Å². The Balaban J connectivity index is 1.45. The Kier molecular flexibility index (Phi) is 4.82. The zero-order chi connectivity index (χ0) is 20.8. The highest BCUT2D eigenvalue weighted by molar-refractivity contribution is 7.92. The van der Waals surface area contributed by atoms with E-state index in [1.807, 2.05) is 16.7 Å². The molecule has 7 nitrogen and oxygen atoms in total. The Hall–Kier alpha value is -2.87. The second kappa shape index (κ2) is 7.18. The summed E-state index contributed by atoms with van der Waals surface area (Å²) < 4.78 is 27.3. The van der Waals surface area contributed by atoms with Crippen molar-refractivity contribution in [2.24, 2.45) is 0 Å². The first-order chi connectivity index (χ1) is 13.7. The molecule has 29 heavy (non-hydrogen) atoms. The normalized spacial score (nSPS) is 13.7. The molecule has 8 heteroatoms. The summed E-state index contributed by atoms with van der Waals surface area (Å²) in [5.74, 6) is -0.125. The van der Waals surface area contributed by atoms with Crippen molar-refractivity contribution in [1.82, 2.24) is 9.55 Å². The number of hydrogen-bond donors (Lipinski definition) is 1. The highest BCUT2D eigenvalue weighted by atomic mass is 32.2. The smallest absolute Gasteiger partial charge is 0.232 e. The Morgan fingerprint density at radius 3 is 2.69 bits per heavy atom. The molecule has 0 fully saturated rings. The minimum Gasteiger partial charge on any atom is -0.330 e. The number of aryl methyl sites for hydroxylation is 3. The summed E-state index contributed by atoms with van der Waals surface area (Å²) in [5.41, 5.74) is 6.56. The van der Waals surface area contributed by atoms with E-state index in [1.54, 1.807) is 12.4 Å². The minimum atomic E-state index is -3.32. The largest absolute Gasteiger partial charge is 0.330 e. The van der Waals surface area contributed by atoms with Crippen LogP contribution in [0.25, 0.3) is 11.0 Å². The lowest BCUT2D eigenvalue weighted by Crippen LogP contribution is -2.27. The molecule has 0 unspecified atom stereocenters. The molecule has 0 radical (unpaired) electrons. The average molecular weight is 413 g/mol. The van der Waals surface area contributed by atoms with Crippen LogP contribution in [0.3, 0.4) is 0 Å². The number of anilines is 2. The van der Waals surface area contributed by atoms with Gasteiger partial charge in [-0.2, -0.15) is 0 Å². The highest BCUT2D eigenvalue weighted by Crippen LogP contribution is 2.32. The minimum absolute atomic E-state index is 0.125. The van der Waals surface area contributed by atoms with Gasteiger partial charge in [-0.15, -0.1) is 0 Å². The number of imidazole rings is 1. The number of rotatable bonds is 5. The summed E-state index contributed by atoms with van der Waals surface area (Å²) >= 11 is 0. The van der Waals surface area contributed by atoms with Gasteiger partial charge in [-0.25, -0.2) is 13.4 Å². The van der Waals surface area contributed by atoms with Crippen LogP contribution in [0.2, 0.25) is 0 Å². The Labute approximate surface area is 170 Å². The molecule has 0 bridgehead atoms. The van der Waals surface area contributed by atoms with Gasteiger partial charge in [-0.1, -0.05) is 6.07 Å². The number of amides is 1. The molecule has 0 aliphatic carbocycles. The molecule has 1 amide bonds. The van der Waals surface area contributed by atoms with Crippen molar-refractivity contribution in [3.05, 3.63) is 53.3 Å². The predicted octanol–water partition coefficient (Wildman–Crippen LogP) is 3.00. The molecule has 0 spiro atoms. The maximum absolute atomic E-state index is 12.5. The number of nitrogens with one attached hydrogen (secondary N) is 1. The average Bonchev–Trinajstić information content (AvgIpc) is 3.24. The van der Waals surface area contributed by atoms with E-state index in [0.717, 1.165) is 16.6 Å². The van der Waals surface area contributed by atoms with E-state index in [1.165, 1.54) is 21.7 Å². The van der Waals surface area contributed by atoms with Gasteiger partial charge in [-0.05, 0) is 61.2 Å². The first kappa shape index (κ1) is 19.4. The number of benzene rings is 2. The summed E-state index contributed by atoms with van der Waals surface area (Å²) in [5, 5.41) is 2.88. The SMILES string of the molecule is Cc1cc2ncn(CCC(=O)Nc3ccc4c(c3)N(S(C)(=O)=O)CC4)c2cc1C. The van der Waals surface area contributed by atoms with Crippen LogP contribution < -0.4 is 9.62 Å². The third kappa shape index (κ3) is 3.85. The molecular formula is C21H24N4O3S. The molecule has 0 atom stereocenters. The standard InChI is InChI=1S/C21H24N4O3S/c1-14-10-18-20(11-15(14)2)24(13-22-18)8-7-21(26)23-17-5-4-16-6-9-25(19(16)12-17)29(3,27)28/h4-5,10-13H,6-9H2,1-3H3,(H,23,26). The van der Waals surface area contributed by atoms with Gasteiger partial charge in [0.15, 0.2) is 0 Å². The van der Waals surface area contributed by atoms with E-state index >= 15 is 0 Å². The van der Waals surface area contributed by atoms with Crippen molar-refractivity contribution in [1.29, 1.82) is 0 Å². The second-order valence-corrected chi connectivity index (χ2v) is 9.50. The van der Waals surface area contributed by atoms with Crippen LogP contribution in [0.15, 0.2) is 36.7 Å². The lowest BCUT2D eigenvalue weighted by Gasteiger charge is -2.17. The second-order valence-electron chi connectivity index (χ2n) is 7.59. The Bertz CT molecular complexity index is 1210. The molecule has 0 saturated heterocycles. The van der Waals surface area contributed by atoms with Gasteiger partial charge < -0.3 is 9.88 Å². The van der Waals surface area contributed by atoms with E-state index in [2.05, 4.69) is 36.3 Å². The van der Waals surface area contributed by atoms with E-state index in [0.29, 0.717) is 37.3 Å². The van der Waals surface area contributed by atoms with Gasteiger partial charge >= 0.3 is 0 Å². The predicted molar refractivity (Wildman–Crippen MR) is 115 cm³/mol. The summed E-state index contributed by atoms with van der Waals surface area (Å²) in [4.78, 5) is 16.9. The Morgan fingerprint density at radius 1 is 1.17 bits per heavy atom. The molecule has 3 aromatic rings. The maximum Gasteiger partial charge on any atom is 0.232 e. The molecule has 1 aliphatic rings. The number of sulfonamides is 1. The number of hydrogen-bond acceptors (Lipinski definition) is 4. The summed E-state index contributed by atoms with van der Waals surface area (Å²) in [6, 6.07) is 9.58. The van der Waals surface area contributed by atoms with Crippen molar-refractivity contribution in [2.45, 2.75) is 33.2 Å². The molecule has 0 saturated carbocycles. The number of carbonyl (C=O) groups excluding carboxylic acids is 1. The van der Waals surface area contributed by atoms with E-state index in [4.69, 9.17) is 0 Å². The molecule has 2 aromatic carbocycles. The quantitative estimate of drug-likeness (QED) is 0.698. The topological polar surface area (TPSA) is 84.3 Å². The lowest BCUT2D eigenvalue weighted by molar-refractivity contribution is -0.116. The van der Waals surface area contributed by atoms with Crippen LogP contribution in [0, 0.1) is 13.8 Å². The first-order valence-corrected chi connectivity index (χ1v) is 11.4. The highest BCUT2D eigenvalue weighted by Gasteiger charge is 2.26. The van der Waals surface area contributed by atoms with E-state index < -0.39 is 10.0 Å². The number of aromatic nitrogens is 2. The summed E-state index contributed by atoms with van der Waals surface area (Å²) in [6.45, 7) is 5.08. The molecule has 1 aromatic heterocycles. The van der Waals surface area contributed by atoms with Gasteiger partial charge in [0.05, 0.1) is 29.3 Å². The van der Waals surface area contributed by atoms with Crippen LogP contribution in [-0.2, 0) is 27.8 Å². The zero-order valence-electron chi connectivity index (χ0n) is 16.8. The van der Waals surface area contributed by atoms with Crippen LogP contribution in [0.4, 0.5) is 11.4 Å². The third-order valence-corrected chi connectivity index (χ3v) is 6.62. The fourth-order valence-electron chi connectivity index (χ4n) is 3.71. The van der Waals surface area contributed by atoms with E-state index in [-0.39, 0.29) is 5.91 Å². The Morgan fingerprint density at radius 2 is 1.93 bits per heavy atom. The van der Waals surface area contributed by atoms with Crippen LogP contribution in [0.1, 0.15) is 23.1 Å². The molecule has 152 valence electrons. The van der Waals surface area contributed by atoms with Gasteiger partial charge in [0.1, 0.15) is 0 Å². The van der Waals surface area contributed by atoms with Crippen LogP contribution >= 0.6 is 0 Å². The molecule has 4 rings (SSSR count). The maximum atomic E-state index is 12.5. The number of carbonyl (C=O) groups is 1. The van der Waals surface area contributed by atoms with Crippen molar-refractivity contribution in [3.8, 4) is 0 Å². The van der Waals surface area contributed by atoms with E-state index in [9.17, 15) is 13.2 Å². The van der Waals surface area contributed by atoms with Crippen LogP contribution in [-0.4, -0.2) is 36.7 Å². The number of nitrogens with zero attached hydrogens (tertiary/aromatic N) is 3. The molecule has 1 N–H and O–H groups in total. The third-order valence-electron chi connectivity index (χ3n) is 5.44. The summed E-state index contributed by atoms with van der Waals surface area (Å²) in [7, 11) is -3.32. The van der Waals surface area contributed by atoms with Crippen molar-refractivity contribution in [2.75, 3.05) is 22.4 Å². The van der Waals surface area contributed by atoms with Gasteiger partial charge in [0.2, 0.25) is 15.9 Å². The monoisotopic (exact) mass is 412 g/mol. The van der Waals surface area contributed by atoms with Crippen molar-refractivity contribution >= 4 is 38.3 Å². The van der Waals surface area contributed by atoms with Gasteiger partial charge in [-0.3, -0.25) is 9.10 Å². The summed E-state index contributed by atoms with van der Waals surface area (Å²) in [6.07, 6.45) is 3.94. The number of fused-ring (bicyclic) bond motifs is 2. The molecular weight excluding hydrogens is 388 g/mol. The zero-order valence-corrected chi connectivity index (χ0v) is 17.6.